The van der Waals surface area contributed by atoms with E-state index in [0.29, 0.717) is 6.61 Å². The molecule has 0 heterocycles. The van der Waals surface area contributed by atoms with E-state index < -0.39 is 0 Å². The predicted molar refractivity (Wildman–Crippen MR) is 59.3 cm³/mol. The maximum atomic E-state index is 13.2. The van der Waals surface area contributed by atoms with Crippen LogP contribution >= 0.6 is 0 Å². The first kappa shape index (κ1) is 12.0. The summed E-state index contributed by atoms with van der Waals surface area (Å²) in [7, 11) is 0. The second-order valence-corrected chi connectivity index (χ2v) is 4.71. The van der Waals surface area contributed by atoms with Crippen LogP contribution in [0.2, 0.25) is 0 Å². The van der Waals surface area contributed by atoms with E-state index in [4.69, 9.17) is 10.5 Å². The molecular weight excluding hydrogens is 193 g/mol. The number of halogens is 1. The second-order valence-electron chi connectivity index (χ2n) is 4.71. The molecule has 0 aliphatic heterocycles. The Hall–Kier alpha value is -1.09. The maximum absolute atomic E-state index is 13.2. The van der Waals surface area contributed by atoms with E-state index in [-0.39, 0.29) is 23.0 Å². The van der Waals surface area contributed by atoms with Gasteiger partial charge >= 0.3 is 0 Å². The molecule has 0 fully saturated rings. The molecule has 0 unspecified atom stereocenters. The number of para-hydroxylation sites is 1. The summed E-state index contributed by atoms with van der Waals surface area (Å²) < 4.78 is 18.5. The SMILES string of the molecule is CC(C)(C)[C@H](N)COc1ccccc1F. The van der Waals surface area contributed by atoms with Crippen molar-refractivity contribution in [1.29, 1.82) is 0 Å². The minimum atomic E-state index is -0.349. The predicted octanol–water partition coefficient (Wildman–Crippen LogP) is 2.58. The van der Waals surface area contributed by atoms with E-state index in [2.05, 4.69) is 0 Å². The number of hydrogen-bond donors (Lipinski definition) is 1. The lowest BCUT2D eigenvalue weighted by molar-refractivity contribution is 0.200. The number of nitrogens with two attached hydrogens (primary N) is 1. The van der Waals surface area contributed by atoms with Gasteiger partial charge in [0.15, 0.2) is 11.6 Å². The summed E-state index contributed by atoms with van der Waals surface area (Å²) in [6.07, 6.45) is 0. The Labute approximate surface area is 90.2 Å². The molecular formula is C12H18FNO. The normalized spacial score (nSPS) is 13.7. The molecule has 0 spiro atoms. The molecule has 1 atom stereocenters. The van der Waals surface area contributed by atoms with Gasteiger partial charge in [0.1, 0.15) is 6.61 Å². The van der Waals surface area contributed by atoms with Crippen LogP contribution < -0.4 is 10.5 Å². The van der Waals surface area contributed by atoms with Gasteiger partial charge in [-0.15, -0.1) is 0 Å². The number of ether oxygens (including phenoxy) is 1. The van der Waals surface area contributed by atoms with Gasteiger partial charge in [-0.2, -0.15) is 0 Å². The van der Waals surface area contributed by atoms with Crippen molar-refractivity contribution in [3.05, 3.63) is 30.1 Å². The van der Waals surface area contributed by atoms with Crippen molar-refractivity contribution < 1.29 is 9.13 Å². The highest BCUT2D eigenvalue weighted by atomic mass is 19.1. The highest BCUT2D eigenvalue weighted by Gasteiger charge is 2.21. The largest absolute Gasteiger partial charge is 0.489 e. The van der Waals surface area contributed by atoms with Crippen LogP contribution in [-0.4, -0.2) is 12.6 Å². The van der Waals surface area contributed by atoms with Gasteiger partial charge in [-0.1, -0.05) is 32.9 Å². The van der Waals surface area contributed by atoms with Crippen LogP contribution in [-0.2, 0) is 0 Å². The van der Waals surface area contributed by atoms with Crippen LogP contribution in [0, 0.1) is 11.2 Å². The van der Waals surface area contributed by atoms with E-state index in [1.54, 1.807) is 18.2 Å². The molecule has 0 radical (unpaired) electrons. The molecule has 1 aromatic rings. The third-order valence-corrected chi connectivity index (χ3v) is 2.37. The third kappa shape index (κ3) is 3.51. The molecule has 0 saturated heterocycles. The summed E-state index contributed by atoms with van der Waals surface area (Å²) in [5.41, 5.74) is 5.86. The van der Waals surface area contributed by atoms with Gasteiger partial charge in [-0.05, 0) is 17.5 Å². The summed E-state index contributed by atoms with van der Waals surface area (Å²) in [5, 5.41) is 0. The number of benzene rings is 1. The molecule has 3 heteroatoms. The molecule has 2 nitrogen and oxygen atoms in total. The topological polar surface area (TPSA) is 35.2 Å². The van der Waals surface area contributed by atoms with Crippen molar-refractivity contribution in [3.8, 4) is 5.75 Å². The molecule has 1 aromatic carbocycles. The third-order valence-electron chi connectivity index (χ3n) is 2.37. The van der Waals surface area contributed by atoms with Crippen LogP contribution in [0.15, 0.2) is 24.3 Å². The summed E-state index contributed by atoms with van der Waals surface area (Å²) >= 11 is 0. The number of hydrogen-bond acceptors (Lipinski definition) is 2. The van der Waals surface area contributed by atoms with Crippen LogP contribution in [0.5, 0.6) is 5.75 Å². The molecule has 0 aliphatic rings. The molecule has 1 rings (SSSR count). The zero-order valence-corrected chi connectivity index (χ0v) is 9.46. The lowest BCUT2D eigenvalue weighted by Crippen LogP contribution is -2.40. The van der Waals surface area contributed by atoms with Gasteiger partial charge in [0.05, 0.1) is 0 Å². The van der Waals surface area contributed by atoms with Gasteiger partial charge < -0.3 is 10.5 Å². The lowest BCUT2D eigenvalue weighted by Gasteiger charge is -2.26. The van der Waals surface area contributed by atoms with Crippen LogP contribution in [0.4, 0.5) is 4.39 Å². The Morgan fingerprint density at radius 3 is 2.47 bits per heavy atom. The van der Waals surface area contributed by atoms with Crippen molar-refractivity contribution in [2.24, 2.45) is 11.1 Å². The van der Waals surface area contributed by atoms with Gasteiger partial charge in [-0.25, -0.2) is 4.39 Å². The van der Waals surface area contributed by atoms with Crippen molar-refractivity contribution in [2.75, 3.05) is 6.61 Å². The van der Waals surface area contributed by atoms with E-state index in [0.717, 1.165) is 0 Å². The molecule has 84 valence electrons. The van der Waals surface area contributed by atoms with Crippen molar-refractivity contribution >= 4 is 0 Å². The highest BCUT2D eigenvalue weighted by molar-refractivity contribution is 5.23. The second kappa shape index (κ2) is 4.62. The molecule has 0 saturated carbocycles. The quantitative estimate of drug-likeness (QED) is 0.834. The smallest absolute Gasteiger partial charge is 0.165 e. The summed E-state index contributed by atoms with van der Waals surface area (Å²) in [5.74, 6) is -0.0872. The molecule has 0 amide bonds. The summed E-state index contributed by atoms with van der Waals surface area (Å²) in [6, 6.07) is 6.23. The first-order chi connectivity index (χ1) is 6.91. The van der Waals surface area contributed by atoms with Crippen molar-refractivity contribution in [3.63, 3.8) is 0 Å². The number of rotatable bonds is 3. The molecule has 0 aromatic heterocycles. The first-order valence-electron chi connectivity index (χ1n) is 5.04. The molecule has 0 aliphatic carbocycles. The van der Waals surface area contributed by atoms with E-state index in [1.165, 1.54) is 6.07 Å². The minimum absolute atomic E-state index is 0.0365. The fourth-order valence-corrected chi connectivity index (χ4v) is 0.991. The average Bonchev–Trinajstić information content (AvgIpc) is 2.14. The van der Waals surface area contributed by atoms with Crippen LogP contribution in [0.1, 0.15) is 20.8 Å². The maximum Gasteiger partial charge on any atom is 0.165 e. The minimum Gasteiger partial charge on any atom is -0.489 e. The van der Waals surface area contributed by atoms with E-state index in [1.807, 2.05) is 20.8 Å². The zero-order valence-electron chi connectivity index (χ0n) is 9.46. The lowest BCUT2D eigenvalue weighted by atomic mass is 9.88. The summed E-state index contributed by atoms with van der Waals surface area (Å²) in [6.45, 7) is 6.41. The van der Waals surface area contributed by atoms with Crippen LogP contribution in [0.25, 0.3) is 0 Å². The fraction of sp³-hybridized carbons (Fsp3) is 0.500. The van der Waals surface area contributed by atoms with Crippen LogP contribution in [0.3, 0.4) is 0 Å². The molecule has 0 bridgehead atoms. The first-order valence-corrected chi connectivity index (χ1v) is 5.04. The average molecular weight is 211 g/mol. The Morgan fingerprint density at radius 1 is 1.33 bits per heavy atom. The van der Waals surface area contributed by atoms with Gasteiger partial charge in [-0.3, -0.25) is 0 Å². The van der Waals surface area contributed by atoms with Gasteiger partial charge in [0.2, 0.25) is 0 Å². The molecule has 2 N–H and O–H groups in total. The Kier molecular flexibility index (Phi) is 3.69. The van der Waals surface area contributed by atoms with Crippen molar-refractivity contribution in [1.82, 2.24) is 0 Å². The summed E-state index contributed by atoms with van der Waals surface area (Å²) in [4.78, 5) is 0. The zero-order chi connectivity index (χ0) is 11.5. The van der Waals surface area contributed by atoms with E-state index in [9.17, 15) is 4.39 Å². The Bertz CT molecular complexity index is 320. The van der Waals surface area contributed by atoms with Crippen molar-refractivity contribution in [2.45, 2.75) is 26.8 Å². The standard InChI is InChI=1S/C12H18FNO/c1-12(2,3)11(14)8-15-10-7-5-4-6-9(10)13/h4-7,11H,8,14H2,1-3H3/t11-/m1/s1. The fourth-order valence-electron chi connectivity index (χ4n) is 0.991. The van der Waals surface area contributed by atoms with Gasteiger partial charge in [0, 0.05) is 6.04 Å². The monoisotopic (exact) mass is 211 g/mol. The molecule has 15 heavy (non-hydrogen) atoms. The highest BCUT2D eigenvalue weighted by Crippen LogP contribution is 2.20. The van der Waals surface area contributed by atoms with E-state index >= 15 is 0 Å². The Balaban J connectivity index is 2.55. The Morgan fingerprint density at radius 2 is 1.93 bits per heavy atom. The van der Waals surface area contributed by atoms with Gasteiger partial charge in [0.25, 0.3) is 0 Å².